The number of nitrogens with zero attached hydrogens (tertiary/aromatic N) is 2. The third kappa shape index (κ3) is 7.22. The van der Waals surface area contributed by atoms with Gasteiger partial charge in [-0.25, -0.2) is 19.6 Å². The summed E-state index contributed by atoms with van der Waals surface area (Å²) in [4.78, 5) is 46.9. The number of aliphatic hydroxyl groups excluding tert-OH is 1. The molecule has 0 fully saturated rings. The van der Waals surface area contributed by atoms with E-state index >= 15 is 0 Å². The molecule has 2 aromatic heterocycles. The molecule has 0 unspecified atom stereocenters. The molecule has 1 aliphatic rings. The molecule has 0 spiro atoms. The minimum atomic E-state index is -1.22. The molecule has 9 nitrogen and oxygen atoms in total. The molecule has 192 valence electrons. The van der Waals surface area contributed by atoms with Gasteiger partial charge in [-0.05, 0) is 39.0 Å². The molecule has 3 rings (SSSR count). The monoisotopic (exact) mass is 544 g/mol. The first kappa shape index (κ1) is 27.5. The average molecular weight is 545 g/mol. The zero-order valence-electron chi connectivity index (χ0n) is 19.9. The normalized spacial score (nSPS) is 24.9. The quantitative estimate of drug-likeness (QED) is 0.324. The predicted octanol–water partition coefficient (Wildman–Crippen LogP) is 4.70. The third-order valence-corrected chi connectivity index (χ3v) is 7.56. The highest BCUT2D eigenvalue weighted by Gasteiger charge is 2.34. The van der Waals surface area contributed by atoms with Crippen molar-refractivity contribution in [3.63, 3.8) is 0 Å². The van der Waals surface area contributed by atoms with Gasteiger partial charge in [-0.15, -0.1) is 34.3 Å². The van der Waals surface area contributed by atoms with Gasteiger partial charge in [0.1, 0.15) is 28.8 Å². The maximum atomic E-state index is 13.1. The van der Waals surface area contributed by atoms with Crippen LogP contribution in [-0.2, 0) is 19.0 Å². The lowest BCUT2D eigenvalue weighted by Crippen LogP contribution is -2.33. The van der Waals surface area contributed by atoms with E-state index in [2.05, 4.69) is 9.97 Å². The van der Waals surface area contributed by atoms with Gasteiger partial charge >= 0.3 is 17.9 Å². The number of thiazole rings is 2. The van der Waals surface area contributed by atoms with Crippen LogP contribution >= 0.6 is 34.3 Å². The number of esters is 3. The number of hydrogen-bond donors (Lipinski definition) is 1. The molecule has 12 heteroatoms. The standard InChI is InChI=1S/C23H29ClN2O7S2/c1-11(2)18-20-26-14(9-35-20)22(29)31-8-16(27)19-25-15(10-34-19)23(30)32-17(7-5-6-12(3)24)13(4)21(28)33-18/h9-13,16-18,27H,5-8H2,1-4H3/t12-,13-,16+,17-,18-/m0/s1. The molecule has 0 aliphatic carbocycles. The minimum absolute atomic E-state index is 0.000232. The molecule has 4 bridgehead atoms. The Labute approximate surface area is 216 Å². The summed E-state index contributed by atoms with van der Waals surface area (Å²) in [5, 5.41) is 14.0. The summed E-state index contributed by atoms with van der Waals surface area (Å²) >= 11 is 8.29. The van der Waals surface area contributed by atoms with Crippen molar-refractivity contribution in [1.82, 2.24) is 9.97 Å². The Morgan fingerprint density at radius 2 is 1.69 bits per heavy atom. The first-order chi connectivity index (χ1) is 16.6. The molecule has 0 amide bonds. The van der Waals surface area contributed by atoms with Crippen molar-refractivity contribution in [1.29, 1.82) is 0 Å². The van der Waals surface area contributed by atoms with Crippen LogP contribution < -0.4 is 0 Å². The van der Waals surface area contributed by atoms with E-state index in [0.717, 1.165) is 11.3 Å². The van der Waals surface area contributed by atoms with E-state index in [1.165, 1.54) is 22.1 Å². The number of cyclic esters (lactones) is 3. The summed E-state index contributed by atoms with van der Waals surface area (Å²) < 4.78 is 16.7. The summed E-state index contributed by atoms with van der Waals surface area (Å²) in [5.74, 6) is -2.87. The molecule has 3 heterocycles. The summed E-state index contributed by atoms with van der Waals surface area (Å²) in [5.41, 5.74) is 0.0578. The van der Waals surface area contributed by atoms with Crippen LogP contribution in [0.5, 0.6) is 0 Å². The van der Waals surface area contributed by atoms with Gasteiger partial charge < -0.3 is 19.3 Å². The van der Waals surface area contributed by atoms with E-state index in [1.807, 2.05) is 20.8 Å². The number of aliphatic hydroxyl groups is 1. The van der Waals surface area contributed by atoms with Gasteiger partial charge in [0.25, 0.3) is 0 Å². The fourth-order valence-electron chi connectivity index (χ4n) is 3.41. The van der Waals surface area contributed by atoms with Crippen LogP contribution in [0.15, 0.2) is 10.8 Å². The Bertz CT molecular complexity index is 1040. The maximum absolute atomic E-state index is 13.1. The molecule has 0 aromatic carbocycles. The van der Waals surface area contributed by atoms with Crippen molar-refractivity contribution in [2.75, 3.05) is 6.61 Å². The SMILES string of the molecule is CC(C)[C@@H]1OC(=O)[C@@H](C)[C@H](CCC[C@H](C)Cl)OC(=O)c2csc(n2)[C@H](O)COC(=O)c2csc1n2. The Balaban J connectivity index is 1.93. The smallest absolute Gasteiger partial charge is 0.358 e. The van der Waals surface area contributed by atoms with Gasteiger partial charge in [-0.2, -0.15) is 0 Å². The van der Waals surface area contributed by atoms with E-state index in [9.17, 15) is 19.5 Å². The number of rotatable bonds is 5. The first-order valence-electron chi connectivity index (χ1n) is 11.4. The minimum Gasteiger partial charge on any atom is -0.458 e. The third-order valence-electron chi connectivity index (χ3n) is 5.49. The Morgan fingerprint density at radius 1 is 1.06 bits per heavy atom. The number of hydrogen-bond acceptors (Lipinski definition) is 11. The predicted molar refractivity (Wildman–Crippen MR) is 131 cm³/mol. The van der Waals surface area contributed by atoms with Gasteiger partial charge in [0.05, 0.1) is 5.92 Å². The van der Waals surface area contributed by atoms with Crippen molar-refractivity contribution in [2.45, 2.75) is 70.6 Å². The second kappa shape index (κ2) is 12.2. The number of aromatic nitrogens is 2. The molecule has 35 heavy (non-hydrogen) atoms. The van der Waals surface area contributed by atoms with Gasteiger partial charge in [-0.1, -0.05) is 13.8 Å². The van der Waals surface area contributed by atoms with Crippen LogP contribution in [0, 0.1) is 11.8 Å². The molecule has 5 atom stereocenters. The highest BCUT2D eigenvalue weighted by molar-refractivity contribution is 7.10. The Kier molecular flexibility index (Phi) is 9.62. The fraction of sp³-hybridized carbons (Fsp3) is 0.609. The number of halogens is 1. The van der Waals surface area contributed by atoms with Crippen molar-refractivity contribution >= 4 is 52.2 Å². The zero-order chi connectivity index (χ0) is 25.7. The van der Waals surface area contributed by atoms with Crippen LogP contribution in [-0.4, -0.2) is 51.1 Å². The van der Waals surface area contributed by atoms with E-state index in [-0.39, 0.29) is 34.3 Å². The highest BCUT2D eigenvalue weighted by Crippen LogP contribution is 2.31. The van der Waals surface area contributed by atoms with Gasteiger partial charge in [0.2, 0.25) is 0 Å². The van der Waals surface area contributed by atoms with E-state index in [0.29, 0.717) is 24.3 Å². The van der Waals surface area contributed by atoms with Crippen molar-refractivity contribution in [3.8, 4) is 0 Å². The Morgan fingerprint density at radius 3 is 2.34 bits per heavy atom. The molecule has 1 aliphatic heterocycles. The second-order valence-corrected chi connectivity index (χ2v) is 11.3. The molecule has 0 saturated carbocycles. The largest absolute Gasteiger partial charge is 0.458 e. The van der Waals surface area contributed by atoms with Crippen LogP contribution in [0.3, 0.4) is 0 Å². The lowest BCUT2D eigenvalue weighted by molar-refractivity contribution is -0.160. The van der Waals surface area contributed by atoms with Crippen LogP contribution in [0.25, 0.3) is 0 Å². The maximum Gasteiger partial charge on any atom is 0.358 e. The first-order valence-corrected chi connectivity index (χ1v) is 13.6. The number of ether oxygens (including phenoxy) is 3. The topological polar surface area (TPSA) is 125 Å². The van der Waals surface area contributed by atoms with Gasteiger partial charge in [-0.3, -0.25) is 4.79 Å². The summed E-state index contributed by atoms with van der Waals surface area (Å²) in [6.07, 6.45) is -0.931. The van der Waals surface area contributed by atoms with E-state index in [1.54, 1.807) is 6.92 Å². The lowest BCUT2D eigenvalue weighted by Gasteiger charge is -2.26. The molecule has 1 N–H and O–H groups in total. The average Bonchev–Trinajstić information content (AvgIpc) is 3.49. The number of fused-ring (bicyclic) bond motifs is 4. The molecular weight excluding hydrogens is 516 g/mol. The molecular formula is C23H29ClN2O7S2. The van der Waals surface area contributed by atoms with Gasteiger partial charge in [0.15, 0.2) is 17.5 Å². The summed E-state index contributed by atoms with van der Waals surface area (Å²) in [6, 6.07) is 0. The zero-order valence-corrected chi connectivity index (χ0v) is 22.3. The highest BCUT2D eigenvalue weighted by atomic mass is 35.5. The van der Waals surface area contributed by atoms with Crippen LogP contribution in [0.1, 0.15) is 90.2 Å². The number of alkyl halides is 1. The van der Waals surface area contributed by atoms with E-state index in [4.69, 9.17) is 25.8 Å². The molecule has 0 radical (unpaired) electrons. The summed E-state index contributed by atoms with van der Waals surface area (Å²) in [6.45, 7) is 6.92. The van der Waals surface area contributed by atoms with Gasteiger partial charge in [0, 0.05) is 16.1 Å². The Hall–Kier alpha value is -2.08. The van der Waals surface area contributed by atoms with Crippen molar-refractivity contribution < 1.29 is 33.7 Å². The van der Waals surface area contributed by atoms with Crippen molar-refractivity contribution in [3.05, 3.63) is 32.2 Å². The summed E-state index contributed by atoms with van der Waals surface area (Å²) in [7, 11) is 0. The second-order valence-electron chi connectivity index (χ2n) is 8.80. The lowest BCUT2D eigenvalue weighted by atomic mass is 9.98. The van der Waals surface area contributed by atoms with Crippen LogP contribution in [0.2, 0.25) is 0 Å². The fourth-order valence-corrected chi connectivity index (χ4v) is 5.31. The molecule has 2 aromatic rings. The number of carbonyl (C=O) groups is 3. The van der Waals surface area contributed by atoms with Crippen LogP contribution in [0.4, 0.5) is 0 Å². The van der Waals surface area contributed by atoms with Crippen molar-refractivity contribution in [2.24, 2.45) is 11.8 Å². The van der Waals surface area contributed by atoms with E-state index < -0.39 is 42.1 Å². The number of carbonyl (C=O) groups excluding carboxylic acids is 3. The molecule has 0 saturated heterocycles.